The maximum atomic E-state index is 13.0. The van der Waals surface area contributed by atoms with Gasteiger partial charge in [0.2, 0.25) is 0 Å². The summed E-state index contributed by atoms with van der Waals surface area (Å²) in [6, 6.07) is 9.79. The molecule has 3 rings (SSSR count). The SMILES string of the molecule is CC(C)(C)C(=O)OC1=C2C(=O)C(c3ccccc3)CC2=CCC=C1. The lowest BCUT2D eigenvalue weighted by Gasteiger charge is -2.18. The number of Topliss-reactive ketones (excluding diaryl/α,β-unsaturated/α-hetero) is 1. The van der Waals surface area contributed by atoms with Gasteiger partial charge in [0.1, 0.15) is 5.76 Å². The maximum Gasteiger partial charge on any atom is 0.316 e. The molecule has 0 aliphatic heterocycles. The molecule has 0 saturated heterocycles. The summed E-state index contributed by atoms with van der Waals surface area (Å²) in [6.45, 7) is 5.42. The van der Waals surface area contributed by atoms with Gasteiger partial charge in [-0.1, -0.05) is 42.5 Å². The van der Waals surface area contributed by atoms with Crippen molar-refractivity contribution in [3.8, 4) is 0 Å². The van der Waals surface area contributed by atoms with Crippen LogP contribution in [-0.2, 0) is 14.3 Å². The van der Waals surface area contributed by atoms with Crippen molar-refractivity contribution in [3.05, 3.63) is 71.0 Å². The third-order valence-corrected chi connectivity index (χ3v) is 4.34. The van der Waals surface area contributed by atoms with E-state index in [1.165, 1.54) is 0 Å². The minimum absolute atomic E-state index is 0.0377. The molecule has 1 aromatic carbocycles. The number of benzene rings is 1. The lowest BCUT2D eigenvalue weighted by molar-refractivity contribution is -0.148. The fourth-order valence-corrected chi connectivity index (χ4v) is 2.97. The minimum Gasteiger partial charge on any atom is -0.425 e. The normalized spacial score (nSPS) is 20.5. The van der Waals surface area contributed by atoms with Crippen LogP contribution in [0.15, 0.2) is 65.5 Å². The number of allylic oxidation sites excluding steroid dienone is 5. The molecular weight excluding hydrogens is 300 g/mol. The van der Waals surface area contributed by atoms with E-state index >= 15 is 0 Å². The van der Waals surface area contributed by atoms with Crippen LogP contribution in [0.1, 0.15) is 45.1 Å². The number of hydrogen-bond acceptors (Lipinski definition) is 3. The van der Waals surface area contributed by atoms with Gasteiger partial charge in [0.05, 0.1) is 16.9 Å². The van der Waals surface area contributed by atoms with Crippen molar-refractivity contribution in [3.63, 3.8) is 0 Å². The second-order valence-corrected chi connectivity index (χ2v) is 7.28. The van der Waals surface area contributed by atoms with Crippen LogP contribution >= 0.6 is 0 Å². The summed E-state index contributed by atoms with van der Waals surface area (Å²) in [5.74, 6) is -0.0908. The molecule has 3 nitrogen and oxygen atoms in total. The van der Waals surface area contributed by atoms with Gasteiger partial charge in [-0.05, 0) is 50.8 Å². The average molecular weight is 322 g/mol. The molecule has 1 unspecified atom stereocenters. The van der Waals surface area contributed by atoms with E-state index in [2.05, 4.69) is 6.08 Å². The third-order valence-electron chi connectivity index (χ3n) is 4.34. The average Bonchev–Trinajstić information content (AvgIpc) is 2.73. The van der Waals surface area contributed by atoms with Gasteiger partial charge < -0.3 is 4.74 Å². The topological polar surface area (TPSA) is 43.4 Å². The van der Waals surface area contributed by atoms with E-state index in [1.54, 1.807) is 26.8 Å². The zero-order valence-corrected chi connectivity index (χ0v) is 14.3. The smallest absolute Gasteiger partial charge is 0.316 e. The van der Waals surface area contributed by atoms with Gasteiger partial charge >= 0.3 is 5.97 Å². The van der Waals surface area contributed by atoms with Crippen molar-refractivity contribution in [2.75, 3.05) is 0 Å². The monoisotopic (exact) mass is 322 g/mol. The van der Waals surface area contributed by atoms with Gasteiger partial charge in [-0.15, -0.1) is 0 Å². The maximum absolute atomic E-state index is 13.0. The van der Waals surface area contributed by atoms with Crippen LogP contribution in [0, 0.1) is 5.41 Å². The van der Waals surface area contributed by atoms with Crippen molar-refractivity contribution in [2.24, 2.45) is 5.41 Å². The summed E-state index contributed by atoms with van der Waals surface area (Å²) >= 11 is 0. The number of carbonyl (C=O) groups excluding carboxylic acids is 2. The molecule has 0 radical (unpaired) electrons. The number of ether oxygens (including phenoxy) is 1. The molecule has 0 heterocycles. The Labute approximate surface area is 142 Å². The van der Waals surface area contributed by atoms with Gasteiger partial charge in [0.25, 0.3) is 0 Å². The Hall–Kier alpha value is -2.42. The summed E-state index contributed by atoms with van der Waals surface area (Å²) in [5.41, 5.74) is 1.94. The predicted molar refractivity (Wildman–Crippen MR) is 93.2 cm³/mol. The van der Waals surface area contributed by atoms with Crippen LogP contribution in [0.2, 0.25) is 0 Å². The molecule has 0 bridgehead atoms. The molecule has 2 aliphatic carbocycles. The van der Waals surface area contributed by atoms with Crippen LogP contribution in [0.5, 0.6) is 0 Å². The fraction of sp³-hybridized carbons (Fsp3) is 0.333. The largest absolute Gasteiger partial charge is 0.425 e. The standard InChI is InChI=1S/C21H22O3/c1-21(2,3)20(23)24-17-12-8-7-11-15-13-16(19(22)18(15)17)14-9-5-4-6-10-14/h4-6,8-12,16H,7,13H2,1-3H3. The third kappa shape index (κ3) is 3.12. The Morgan fingerprint density at radius 3 is 2.54 bits per heavy atom. The molecule has 0 aromatic heterocycles. The molecule has 0 amide bonds. The van der Waals surface area contributed by atoms with Crippen molar-refractivity contribution < 1.29 is 14.3 Å². The van der Waals surface area contributed by atoms with E-state index in [1.807, 2.05) is 36.4 Å². The Balaban J connectivity index is 1.99. The molecular formula is C21H22O3. The van der Waals surface area contributed by atoms with Crippen molar-refractivity contribution >= 4 is 11.8 Å². The van der Waals surface area contributed by atoms with Crippen LogP contribution in [0.4, 0.5) is 0 Å². The van der Waals surface area contributed by atoms with E-state index in [0.717, 1.165) is 17.6 Å². The molecule has 24 heavy (non-hydrogen) atoms. The Morgan fingerprint density at radius 1 is 1.17 bits per heavy atom. The highest BCUT2D eigenvalue weighted by Crippen LogP contribution is 2.42. The van der Waals surface area contributed by atoms with Crippen LogP contribution in [0.25, 0.3) is 0 Å². The van der Waals surface area contributed by atoms with E-state index < -0.39 is 5.41 Å². The van der Waals surface area contributed by atoms with Crippen LogP contribution < -0.4 is 0 Å². The number of fused-ring (bicyclic) bond motifs is 1. The fourth-order valence-electron chi connectivity index (χ4n) is 2.97. The Morgan fingerprint density at radius 2 is 1.88 bits per heavy atom. The number of carbonyl (C=O) groups is 2. The molecule has 0 N–H and O–H groups in total. The number of rotatable bonds is 2. The highest BCUT2D eigenvalue weighted by molar-refractivity contribution is 6.08. The van der Waals surface area contributed by atoms with Gasteiger partial charge in [0.15, 0.2) is 5.78 Å². The van der Waals surface area contributed by atoms with Gasteiger partial charge in [-0.2, -0.15) is 0 Å². The van der Waals surface area contributed by atoms with E-state index in [-0.39, 0.29) is 17.7 Å². The van der Waals surface area contributed by atoms with E-state index in [9.17, 15) is 9.59 Å². The predicted octanol–water partition coefficient (Wildman–Crippen LogP) is 4.47. The minimum atomic E-state index is -0.613. The molecule has 0 spiro atoms. The van der Waals surface area contributed by atoms with Crippen molar-refractivity contribution in [2.45, 2.75) is 39.5 Å². The second-order valence-electron chi connectivity index (χ2n) is 7.28. The lowest BCUT2D eigenvalue weighted by Crippen LogP contribution is -2.23. The van der Waals surface area contributed by atoms with Gasteiger partial charge in [-0.3, -0.25) is 9.59 Å². The van der Waals surface area contributed by atoms with Gasteiger partial charge in [-0.25, -0.2) is 0 Å². The highest BCUT2D eigenvalue weighted by Gasteiger charge is 2.38. The Kier molecular flexibility index (Phi) is 4.27. The number of ketones is 1. The molecule has 3 heteroatoms. The highest BCUT2D eigenvalue weighted by atomic mass is 16.5. The summed E-state index contributed by atoms with van der Waals surface area (Å²) in [5, 5.41) is 0. The molecule has 1 atom stereocenters. The zero-order chi connectivity index (χ0) is 17.3. The second kappa shape index (κ2) is 6.23. The molecule has 124 valence electrons. The lowest BCUT2D eigenvalue weighted by atomic mass is 9.96. The summed E-state index contributed by atoms with van der Waals surface area (Å²) < 4.78 is 5.60. The van der Waals surface area contributed by atoms with Crippen molar-refractivity contribution in [1.82, 2.24) is 0 Å². The first-order chi connectivity index (χ1) is 11.4. The molecule has 1 aromatic rings. The van der Waals surface area contributed by atoms with Crippen LogP contribution in [0.3, 0.4) is 0 Å². The Bertz CT molecular complexity index is 758. The summed E-state index contributed by atoms with van der Waals surface area (Å²) in [4.78, 5) is 25.3. The van der Waals surface area contributed by atoms with Gasteiger partial charge in [0, 0.05) is 0 Å². The summed E-state index contributed by atoms with van der Waals surface area (Å²) in [6.07, 6.45) is 7.15. The number of esters is 1. The summed E-state index contributed by atoms with van der Waals surface area (Å²) in [7, 11) is 0. The van der Waals surface area contributed by atoms with Crippen molar-refractivity contribution in [1.29, 1.82) is 0 Å². The first-order valence-electron chi connectivity index (χ1n) is 8.29. The molecule has 2 aliphatic rings. The number of hydrogen-bond donors (Lipinski definition) is 0. The first kappa shape index (κ1) is 16.4. The van der Waals surface area contributed by atoms with E-state index in [0.29, 0.717) is 17.8 Å². The zero-order valence-electron chi connectivity index (χ0n) is 14.3. The molecule has 1 saturated carbocycles. The van der Waals surface area contributed by atoms with E-state index in [4.69, 9.17) is 4.74 Å². The van der Waals surface area contributed by atoms with Crippen LogP contribution in [-0.4, -0.2) is 11.8 Å². The first-order valence-corrected chi connectivity index (χ1v) is 8.29. The molecule has 1 fully saturated rings. The quantitative estimate of drug-likeness (QED) is 0.754.